The number of urea groups is 1. The summed E-state index contributed by atoms with van der Waals surface area (Å²) >= 11 is 1.74. The molecule has 2 aliphatic heterocycles. The van der Waals surface area contributed by atoms with Crippen molar-refractivity contribution in [1.82, 2.24) is 9.80 Å². The molecule has 4 rings (SSSR count). The van der Waals surface area contributed by atoms with Crippen LogP contribution in [-0.2, 0) is 6.18 Å². The van der Waals surface area contributed by atoms with E-state index in [0.29, 0.717) is 49.5 Å². The van der Waals surface area contributed by atoms with E-state index in [-0.39, 0.29) is 16.8 Å². The van der Waals surface area contributed by atoms with E-state index in [0.717, 1.165) is 17.9 Å². The van der Waals surface area contributed by atoms with Crippen LogP contribution < -0.4 is 10.1 Å². The van der Waals surface area contributed by atoms with Gasteiger partial charge in [0.15, 0.2) is 0 Å². The van der Waals surface area contributed by atoms with E-state index in [9.17, 15) is 22.8 Å². The van der Waals surface area contributed by atoms with Crippen LogP contribution in [0.1, 0.15) is 28.8 Å². The monoisotopic (exact) mass is 479 g/mol. The molecule has 2 aromatic carbocycles. The van der Waals surface area contributed by atoms with Gasteiger partial charge in [0.05, 0.1) is 17.5 Å². The number of piperidine rings is 1. The maximum absolute atomic E-state index is 13.2. The SMILES string of the molecule is COc1cccc(C(=O)N2CCSC23CCN(C(=O)Nc2ccc(C(F)(F)F)cc2)CC3)c1. The van der Waals surface area contributed by atoms with Gasteiger partial charge in [0.25, 0.3) is 5.91 Å². The Morgan fingerprint density at radius 2 is 1.76 bits per heavy atom. The average Bonchev–Trinajstić information content (AvgIpc) is 3.21. The van der Waals surface area contributed by atoms with Gasteiger partial charge in [-0.1, -0.05) is 6.07 Å². The van der Waals surface area contributed by atoms with Gasteiger partial charge in [-0.3, -0.25) is 4.79 Å². The first-order chi connectivity index (χ1) is 15.7. The lowest BCUT2D eigenvalue weighted by molar-refractivity contribution is -0.137. The van der Waals surface area contributed by atoms with E-state index in [1.54, 1.807) is 48.0 Å². The molecule has 2 aliphatic rings. The highest BCUT2D eigenvalue weighted by Gasteiger charge is 2.47. The molecule has 0 radical (unpaired) electrons. The first-order valence-corrected chi connectivity index (χ1v) is 11.5. The lowest BCUT2D eigenvalue weighted by Crippen LogP contribution is -2.54. The third kappa shape index (κ3) is 4.90. The van der Waals surface area contributed by atoms with Crippen LogP contribution in [0.4, 0.5) is 23.7 Å². The molecule has 1 spiro atoms. The van der Waals surface area contributed by atoms with Crippen LogP contribution in [-0.4, -0.2) is 59.1 Å². The van der Waals surface area contributed by atoms with Gasteiger partial charge in [-0.2, -0.15) is 13.2 Å². The lowest BCUT2D eigenvalue weighted by Gasteiger charge is -2.44. The molecule has 2 fully saturated rings. The number of hydrogen-bond acceptors (Lipinski definition) is 4. The van der Waals surface area contributed by atoms with E-state index < -0.39 is 11.7 Å². The number of thioether (sulfide) groups is 1. The van der Waals surface area contributed by atoms with Crippen LogP contribution >= 0.6 is 11.8 Å². The summed E-state index contributed by atoms with van der Waals surface area (Å²) in [6, 6.07) is 11.1. The molecular weight excluding hydrogens is 455 g/mol. The lowest BCUT2D eigenvalue weighted by atomic mass is 10.0. The molecule has 0 saturated carbocycles. The molecule has 176 valence electrons. The van der Waals surface area contributed by atoms with Crippen molar-refractivity contribution in [1.29, 1.82) is 0 Å². The number of amides is 3. The number of hydrogen-bond donors (Lipinski definition) is 1. The largest absolute Gasteiger partial charge is 0.497 e. The molecule has 0 aliphatic carbocycles. The maximum atomic E-state index is 13.2. The second-order valence-electron chi connectivity index (χ2n) is 7.98. The maximum Gasteiger partial charge on any atom is 0.416 e. The van der Waals surface area contributed by atoms with Crippen LogP contribution in [0.5, 0.6) is 5.75 Å². The molecule has 2 saturated heterocycles. The molecule has 0 aromatic heterocycles. The number of halogens is 3. The fraction of sp³-hybridized carbons (Fsp3) is 0.391. The van der Waals surface area contributed by atoms with Crippen LogP contribution in [0.3, 0.4) is 0 Å². The number of carbonyl (C=O) groups excluding carboxylic acids is 2. The third-order valence-corrected chi connectivity index (χ3v) is 7.59. The van der Waals surface area contributed by atoms with E-state index in [2.05, 4.69) is 5.32 Å². The Morgan fingerprint density at radius 3 is 2.39 bits per heavy atom. The molecule has 2 heterocycles. The van der Waals surface area contributed by atoms with Crippen molar-refractivity contribution in [3.8, 4) is 5.75 Å². The zero-order valence-electron chi connectivity index (χ0n) is 18.0. The van der Waals surface area contributed by atoms with Crippen LogP contribution in [0.25, 0.3) is 0 Å². The summed E-state index contributed by atoms with van der Waals surface area (Å²) in [5.41, 5.74) is 0.108. The number of anilines is 1. The van der Waals surface area contributed by atoms with Crippen LogP contribution in [0.2, 0.25) is 0 Å². The molecule has 1 N–H and O–H groups in total. The topological polar surface area (TPSA) is 61.9 Å². The van der Waals surface area contributed by atoms with Crippen molar-refractivity contribution in [3.63, 3.8) is 0 Å². The molecule has 0 atom stereocenters. The van der Waals surface area contributed by atoms with Crippen LogP contribution in [0, 0.1) is 0 Å². The number of nitrogens with one attached hydrogen (secondary N) is 1. The fourth-order valence-electron chi connectivity index (χ4n) is 4.23. The molecule has 3 amide bonds. The standard InChI is InChI=1S/C23H24F3N3O3S/c1-32-19-4-2-3-16(15-19)20(30)29-13-14-33-22(29)9-11-28(12-10-22)21(31)27-18-7-5-17(6-8-18)23(24,25)26/h2-8,15H,9-14H2,1H3,(H,27,31). The summed E-state index contributed by atoms with van der Waals surface area (Å²) in [6.07, 6.45) is -3.18. The van der Waals surface area contributed by atoms with Gasteiger partial charge >= 0.3 is 12.2 Å². The van der Waals surface area contributed by atoms with Gasteiger partial charge in [0.2, 0.25) is 0 Å². The second-order valence-corrected chi connectivity index (χ2v) is 9.43. The minimum absolute atomic E-state index is 0.0541. The molecule has 10 heteroatoms. The van der Waals surface area contributed by atoms with Gasteiger partial charge < -0.3 is 19.9 Å². The number of carbonyl (C=O) groups is 2. The number of rotatable bonds is 3. The Bertz CT molecular complexity index is 1020. The van der Waals surface area contributed by atoms with Crippen molar-refractivity contribution in [2.75, 3.05) is 37.8 Å². The second kappa shape index (κ2) is 9.17. The van der Waals surface area contributed by atoms with E-state index >= 15 is 0 Å². The summed E-state index contributed by atoms with van der Waals surface area (Å²) < 4.78 is 43.4. The van der Waals surface area contributed by atoms with E-state index in [4.69, 9.17) is 4.74 Å². The van der Waals surface area contributed by atoms with Crippen molar-refractivity contribution >= 4 is 29.4 Å². The predicted octanol–water partition coefficient (Wildman–Crippen LogP) is 4.93. The average molecular weight is 480 g/mol. The Balaban J connectivity index is 1.38. The molecule has 6 nitrogen and oxygen atoms in total. The van der Waals surface area contributed by atoms with Crippen molar-refractivity contribution in [2.45, 2.75) is 23.9 Å². The highest BCUT2D eigenvalue weighted by Crippen LogP contribution is 2.44. The highest BCUT2D eigenvalue weighted by molar-refractivity contribution is 8.00. The first-order valence-electron chi connectivity index (χ1n) is 10.5. The summed E-state index contributed by atoms with van der Waals surface area (Å²) in [6.45, 7) is 1.53. The Labute approximate surface area is 194 Å². The van der Waals surface area contributed by atoms with Gasteiger partial charge in [-0.15, -0.1) is 11.8 Å². The Morgan fingerprint density at radius 1 is 1.06 bits per heavy atom. The van der Waals surface area contributed by atoms with Gasteiger partial charge in [-0.25, -0.2) is 4.79 Å². The normalized spacial score (nSPS) is 17.8. The van der Waals surface area contributed by atoms with Crippen LogP contribution in [0.15, 0.2) is 48.5 Å². The minimum atomic E-state index is -4.42. The number of likely N-dealkylation sites (tertiary alicyclic amines) is 1. The van der Waals surface area contributed by atoms with Gasteiger partial charge in [0.1, 0.15) is 5.75 Å². The number of methoxy groups -OCH3 is 1. The van der Waals surface area contributed by atoms with E-state index in [1.807, 2.05) is 4.90 Å². The zero-order valence-corrected chi connectivity index (χ0v) is 18.8. The van der Waals surface area contributed by atoms with Crippen molar-refractivity contribution < 1.29 is 27.5 Å². The third-order valence-electron chi connectivity index (χ3n) is 6.03. The summed E-state index contributed by atoms with van der Waals surface area (Å²) in [4.78, 5) is 29.0. The molecule has 0 unspecified atom stereocenters. The fourth-order valence-corrected chi connectivity index (χ4v) is 5.68. The number of ether oxygens (including phenoxy) is 1. The summed E-state index contributed by atoms with van der Waals surface area (Å²) in [7, 11) is 1.56. The summed E-state index contributed by atoms with van der Waals surface area (Å²) in [5, 5.41) is 2.66. The van der Waals surface area contributed by atoms with E-state index in [1.165, 1.54) is 12.1 Å². The number of nitrogens with zero attached hydrogens (tertiary/aromatic N) is 2. The molecule has 2 aromatic rings. The number of benzene rings is 2. The Kier molecular flexibility index (Phi) is 6.47. The number of alkyl halides is 3. The smallest absolute Gasteiger partial charge is 0.416 e. The van der Waals surface area contributed by atoms with Gasteiger partial charge in [0, 0.05) is 36.6 Å². The van der Waals surface area contributed by atoms with Crippen molar-refractivity contribution in [2.24, 2.45) is 0 Å². The summed E-state index contributed by atoms with van der Waals surface area (Å²) in [5.74, 6) is 1.39. The Hall–Kier alpha value is -2.88. The predicted molar refractivity (Wildman–Crippen MR) is 120 cm³/mol. The zero-order chi connectivity index (χ0) is 23.6. The molecule has 0 bridgehead atoms. The minimum Gasteiger partial charge on any atom is -0.497 e. The molecular formula is C23H24F3N3O3S. The van der Waals surface area contributed by atoms with Crippen molar-refractivity contribution in [3.05, 3.63) is 59.7 Å². The first kappa shape index (κ1) is 23.3. The van der Waals surface area contributed by atoms with Gasteiger partial charge in [-0.05, 0) is 55.3 Å². The highest BCUT2D eigenvalue weighted by atomic mass is 32.2. The molecule has 33 heavy (non-hydrogen) atoms. The quantitative estimate of drug-likeness (QED) is 0.679.